The summed E-state index contributed by atoms with van der Waals surface area (Å²) in [6, 6.07) is 2.70. The van der Waals surface area contributed by atoms with Gasteiger partial charge in [-0.1, -0.05) is 29.3 Å². The lowest BCUT2D eigenvalue weighted by Gasteiger charge is -2.31. The van der Waals surface area contributed by atoms with E-state index in [0.717, 1.165) is 5.69 Å². The van der Waals surface area contributed by atoms with Crippen LogP contribution >= 0.6 is 23.2 Å². The fourth-order valence-electron chi connectivity index (χ4n) is 3.05. The summed E-state index contributed by atoms with van der Waals surface area (Å²) in [5, 5.41) is 12.2. The Hall–Kier alpha value is -2.25. The van der Waals surface area contributed by atoms with Gasteiger partial charge in [0.2, 0.25) is 11.8 Å². The van der Waals surface area contributed by atoms with Crippen molar-refractivity contribution in [2.75, 3.05) is 32.1 Å². The zero-order valence-electron chi connectivity index (χ0n) is 16.6. The zero-order chi connectivity index (χ0) is 21.7. The quantitative estimate of drug-likeness (QED) is 0.662. The number of carbonyl (C=O) groups is 3. The minimum Gasteiger partial charge on any atom is -0.480 e. The molecule has 1 heterocycles. The summed E-state index contributed by atoms with van der Waals surface area (Å²) >= 11 is 12.6. The van der Waals surface area contributed by atoms with Crippen molar-refractivity contribution in [2.45, 2.75) is 25.8 Å². The molecular weight excluding hydrogens is 417 g/mol. The second-order valence-electron chi connectivity index (χ2n) is 7.20. The lowest BCUT2D eigenvalue weighted by molar-refractivity contribution is -0.142. The molecule has 0 aromatic heterocycles. The molecule has 1 aromatic carbocycles. The number of nitrogens with zero attached hydrogens (tertiary/aromatic N) is 2. The molecule has 1 aliphatic rings. The van der Waals surface area contributed by atoms with Gasteiger partial charge in [-0.05, 0) is 37.5 Å². The van der Waals surface area contributed by atoms with Crippen LogP contribution in [0.2, 0.25) is 10.0 Å². The summed E-state index contributed by atoms with van der Waals surface area (Å²) in [6.07, 6.45) is 4.05. The number of aliphatic carboxylic acids is 1. The minimum atomic E-state index is -1.08. The molecule has 158 valence electrons. The van der Waals surface area contributed by atoms with E-state index in [4.69, 9.17) is 28.3 Å². The van der Waals surface area contributed by atoms with Crippen molar-refractivity contribution >= 4 is 52.7 Å². The number of likely N-dealkylation sites (tertiary alicyclic amines) is 1. The highest BCUT2D eigenvalue weighted by atomic mass is 35.5. The summed E-state index contributed by atoms with van der Waals surface area (Å²) in [6.45, 7) is 2.28. The van der Waals surface area contributed by atoms with E-state index in [0.29, 0.717) is 41.5 Å². The third-order valence-corrected chi connectivity index (χ3v) is 5.77. The monoisotopic (exact) mass is 441 g/mol. The molecule has 29 heavy (non-hydrogen) atoms. The van der Waals surface area contributed by atoms with Crippen molar-refractivity contribution in [3.63, 3.8) is 0 Å². The average molecular weight is 442 g/mol. The van der Waals surface area contributed by atoms with Crippen LogP contribution in [0.15, 0.2) is 18.2 Å². The number of carboxylic acids is 1. The Morgan fingerprint density at radius 2 is 1.83 bits per heavy atom. The number of carboxylic acid groups (broad SMARTS) is 1. The van der Waals surface area contributed by atoms with Crippen LogP contribution in [0.4, 0.5) is 5.69 Å². The number of rotatable bonds is 6. The maximum atomic E-state index is 12.5. The Kier molecular flexibility index (Phi) is 7.93. The van der Waals surface area contributed by atoms with E-state index in [1.165, 1.54) is 13.0 Å². The number of amides is 2. The van der Waals surface area contributed by atoms with Gasteiger partial charge >= 0.3 is 5.97 Å². The molecule has 1 aliphatic heterocycles. The standard InChI is InChI=1S/C20H25Cl2N3O4/c1-12(20(28)29)23-19(27)14-8-10-25(11-9-14)16(26)7-5-13-4-6-15(24(2)3)18(22)17(13)21/h4-7,12,14H,8-11H2,1-3H3,(H,23,27)(H,28,29)/b7-5+/t12-/m0/s1. The van der Waals surface area contributed by atoms with Crippen LogP contribution in [0.3, 0.4) is 0 Å². The fourth-order valence-corrected chi connectivity index (χ4v) is 3.61. The smallest absolute Gasteiger partial charge is 0.325 e. The second kappa shape index (κ2) is 9.98. The van der Waals surface area contributed by atoms with Crippen molar-refractivity contribution in [3.8, 4) is 0 Å². The van der Waals surface area contributed by atoms with Gasteiger partial charge in [0.1, 0.15) is 6.04 Å². The molecule has 2 rings (SSSR count). The number of anilines is 1. The Bertz CT molecular complexity index is 818. The summed E-state index contributed by atoms with van der Waals surface area (Å²) in [5.74, 6) is -1.83. The maximum Gasteiger partial charge on any atom is 0.325 e. The van der Waals surface area contributed by atoms with Crippen molar-refractivity contribution < 1.29 is 19.5 Å². The fraction of sp³-hybridized carbons (Fsp3) is 0.450. The predicted molar refractivity (Wildman–Crippen MR) is 114 cm³/mol. The number of piperidine rings is 1. The van der Waals surface area contributed by atoms with Gasteiger partial charge in [0.15, 0.2) is 0 Å². The van der Waals surface area contributed by atoms with Gasteiger partial charge in [0.05, 0.1) is 15.7 Å². The number of benzene rings is 1. The predicted octanol–water partition coefficient (Wildman–Crippen LogP) is 2.90. The van der Waals surface area contributed by atoms with Gasteiger partial charge in [-0.3, -0.25) is 14.4 Å². The first-order valence-electron chi connectivity index (χ1n) is 9.27. The first-order valence-corrected chi connectivity index (χ1v) is 10.0. The molecule has 2 N–H and O–H groups in total. The highest BCUT2D eigenvalue weighted by Gasteiger charge is 2.28. The van der Waals surface area contributed by atoms with Crippen LogP contribution in [0.1, 0.15) is 25.3 Å². The zero-order valence-corrected chi connectivity index (χ0v) is 18.1. The molecular formula is C20H25Cl2N3O4. The van der Waals surface area contributed by atoms with Crippen LogP contribution in [0.25, 0.3) is 6.08 Å². The Labute approximate surface area is 180 Å². The van der Waals surface area contributed by atoms with Crippen LogP contribution in [-0.4, -0.2) is 61.0 Å². The normalized spacial score (nSPS) is 16.0. The van der Waals surface area contributed by atoms with Crippen molar-refractivity contribution in [3.05, 3.63) is 33.8 Å². The SMILES string of the molecule is C[C@H](NC(=O)C1CCN(C(=O)/C=C/c2ccc(N(C)C)c(Cl)c2Cl)CC1)C(=O)O. The van der Waals surface area contributed by atoms with Crippen LogP contribution < -0.4 is 10.2 Å². The number of nitrogens with one attached hydrogen (secondary N) is 1. The molecule has 0 aliphatic carbocycles. The van der Waals surface area contributed by atoms with E-state index >= 15 is 0 Å². The first kappa shape index (κ1) is 23.0. The van der Waals surface area contributed by atoms with E-state index < -0.39 is 12.0 Å². The molecule has 1 atom stereocenters. The van der Waals surface area contributed by atoms with Crippen LogP contribution in [-0.2, 0) is 14.4 Å². The maximum absolute atomic E-state index is 12.5. The van der Waals surface area contributed by atoms with E-state index in [1.54, 1.807) is 17.0 Å². The van der Waals surface area contributed by atoms with Gasteiger partial charge in [-0.25, -0.2) is 0 Å². The Morgan fingerprint density at radius 1 is 1.21 bits per heavy atom. The number of carbonyl (C=O) groups excluding carboxylic acids is 2. The lowest BCUT2D eigenvalue weighted by atomic mass is 9.95. The van der Waals surface area contributed by atoms with Gasteiger partial charge in [-0.2, -0.15) is 0 Å². The van der Waals surface area contributed by atoms with Crippen LogP contribution in [0, 0.1) is 5.92 Å². The molecule has 2 amide bonds. The minimum absolute atomic E-state index is 0.174. The molecule has 1 saturated heterocycles. The summed E-state index contributed by atoms with van der Waals surface area (Å²) < 4.78 is 0. The molecule has 0 saturated carbocycles. The third kappa shape index (κ3) is 5.87. The number of halogens is 2. The molecule has 7 nitrogen and oxygen atoms in total. The topological polar surface area (TPSA) is 90.0 Å². The first-order chi connectivity index (χ1) is 13.6. The summed E-state index contributed by atoms with van der Waals surface area (Å²) in [7, 11) is 3.73. The Morgan fingerprint density at radius 3 is 2.38 bits per heavy atom. The molecule has 0 bridgehead atoms. The average Bonchev–Trinajstić information content (AvgIpc) is 2.68. The summed E-state index contributed by atoms with van der Waals surface area (Å²) in [4.78, 5) is 38.9. The highest BCUT2D eigenvalue weighted by Crippen LogP contribution is 2.35. The number of hydrogen-bond acceptors (Lipinski definition) is 4. The van der Waals surface area contributed by atoms with Crippen molar-refractivity contribution in [1.29, 1.82) is 0 Å². The van der Waals surface area contributed by atoms with E-state index in [-0.39, 0.29) is 17.7 Å². The molecule has 1 fully saturated rings. The lowest BCUT2D eigenvalue weighted by Crippen LogP contribution is -2.46. The number of hydrogen-bond donors (Lipinski definition) is 2. The molecule has 1 aromatic rings. The van der Waals surface area contributed by atoms with Gasteiger partial charge in [0.25, 0.3) is 0 Å². The molecule has 0 radical (unpaired) electrons. The third-order valence-electron chi connectivity index (χ3n) is 4.89. The van der Waals surface area contributed by atoms with E-state index in [9.17, 15) is 14.4 Å². The van der Waals surface area contributed by atoms with E-state index in [1.807, 2.05) is 25.1 Å². The largest absolute Gasteiger partial charge is 0.480 e. The molecule has 0 unspecified atom stereocenters. The molecule has 9 heteroatoms. The van der Waals surface area contributed by atoms with E-state index in [2.05, 4.69) is 5.32 Å². The van der Waals surface area contributed by atoms with Gasteiger partial charge in [-0.15, -0.1) is 0 Å². The second-order valence-corrected chi connectivity index (χ2v) is 7.95. The van der Waals surface area contributed by atoms with Gasteiger partial charge < -0.3 is 20.2 Å². The van der Waals surface area contributed by atoms with Crippen LogP contribution in [0.5, 0.6) is 0 Å². The molecule has 0 spiro atoms. The van der Waals surface area contributed by atoms with Crippen molar-refractivity contribution in [2.24, 2.45) is 5.92 Å². The summed E-state index contributed by atoms with van der Waals surface area (Å²) in [5.41, 5.74) is 1.44. The Balaban J connectivity index is 1.94. The van der Waals surface area contributed by atoms with Crippen molar-refractivity contribution in [1.82, 2.24) is 10.2 Å². The van der Waals surface area contributed by atoms with Gasteiger partial charge in [0, 0.05) is 39.2 Å². The highest BCUT2D eigenvalue weighted by molar-refractivity contribution is 6.44.